The molecule has 0 aromatic rings. The van der Waals surface area contributed by atoms with Crippen LogP contribution in [0.3, 0.4) is 0 Å². The van der Waals surface area contributed by atoms with Gasteiger partial charge in [0.2, 0.25) is 5.91 Å². The number of aliphatic carboxylic acids is 1. The molecule has 0 rings (SSSR count). The third-order valence-corrected chi connectivity index (χ3v) is 2.89. The number of unbranched alkanes of at least 4 members (excludes halogenated alkanes) is 1. The number of aliphatic hydroxyl groups is 1. The van der Waals surface area contributed by atoms with E-state index in [1.54, 1.807) is 18.2 Å². The van der Waals surface area contributed by atoms with Crippen LogP contribution >= 0.6 is 0 Å². The van der Waals surface area contributed by atoms with Gasteiger partial charge in [-0.1, -0.05) is 49.6 Å². The average molecular weight is 309 g/mol. The van der Waals surface area contributed by atoms with E-state index in [9.17, 15) is 14.7 Å². The first-order valence-electron chi connectivity index (χ1n) is 7.66. The van der Waals surface area contributed by atoms with Crippen molar-refractivity contribution in [1.29, 1.82) is 0 Å². The second kappa shape index (κ2) is 12.8. The molecule has 124 valence electrons. The lowest BCUT2D eigenvalue weighted by molar-refractivity contribution is -0.137. The van der Waals surface area contributed by atoms with Crippen molar-refractivity contribution in [3.05, 3.63) is 36.0 Å². The van der Waals surface area contributed by atoms with Crippen molar-refractivity contribution in [1.82, 2.24) is 5.32 Å². The first kappa shape index (κ1) is 20.1. The number of carbonyl (C=O) groups excluding carboxylic acids is 1. The van der Waals surface area contributed by atoms with E-state index in [0.29, 0.717) is 13.0 Å². The van der Waals surface area contributed by atoms with E-state index in [1.807, 2.05) is 13.0 Å². The fourth-order valence-corrected chi connectivity index (χ4v) is 1.72. The fraction of sp³-hybridized carbons (Fsp3) is 0.529. The van der Waals surface area contributed by atoms with E-state index in [2.05, 4.69) is 12.2 Å². The molecule has 0 heterocycles. The highest BCUT2D eigenvalue weighted by Gasteiger charge is 1.99. The minimum Gasteiger partial charge on any atom is -0.481 e. The summed E-state index contributed by atoms with van der Waals surface area (Å²) in [6, 6.07) is 0. The van der Waals surface area contributed by atoms with Gasteiger partial charge in [-0.3, -0.25) is 9.59 Å². The molecule has 1 atom stereocenters. The lowest BCUT2D eigenvalue weighted by atomic mass is 10.1. The number of carboxylic acids is 1. The number of carboxylic acid groups (broad SMARTS) is 1. The Hall–Kier alpha value is -1.88. The van der Waals surface area contributed by atoms with Crippen molar-refractivity contribution in [2.45, 2.75) is 52.1 Å². The molecule has 0 saturated heterocycles. The van der Waals surface area contributed by atoms with Crippen molar-refractivity contribution < 1.29 is 19.8 Å². The molecule has 3 N–H and O–H groups in total. The van der Waals surface area contributed by atoms with Crippen LogP contribution in [0.25, 0.3) is 0 Å². The number of nitrogens with one attached hydrogen (secondary N) is 1. The Balaban J connectivity index is 4.00. The number of aliphatic hydroxyl groups excluding tert-OH is 1. The summed E-state index contributed by atoms with van der Waals surface area (Å²) < 4.78 is 0. The van der Waals surface area contributed by atoms with Crippen molar-refractivity contribution in [2.75, 3.05) is 6.54 Å². The third-order valence-electron chi connectivity index (χ3n) is 2.89. The Labute approximate surface area is 132 Å². The predicted molar refractivity (Wildman–Crippen MR) is 87.4 cm³/mol. The summed E-state index contributed by atoms with van der Waals surface area (Å²) in [6.45, 7) is 4.33. The Morgan fingerprint density at radius 2 is 1.86 bits per heavy atom. The molecule has 0 spiro atoms. The second-order valence-corrected chi connectivity index (χ2v) is 5.13. The van der Waals surface area contributed by atoms with E-state index < -0.39 is 12.1 Å². The van der Waals surface area contributed by atoms with Gasteiger partial charge in [0.15, 0.2) is 0 Å². The second-order valence-electron chi connectivity index (χ2n) is 5.13. The molecular formula is C17H27NO4. The molecule has 0 aromatic heterocycles. The Morgan fingerprint density at radius 1 is 1.18 bits per heavy atom. The summed E-state index contributed by atoms with van der Waals surface area (Å²) in [4.78, 5) is 21.7. The van der Waals surface area contributed by atoms with E-state index in [-0.39, 0.29) is 12.3 Å². The van der Waals surface area contributed by atoms with Gasteiger partial charge in [-0.05, 0) is 19.8 Å². The van der Waals surface area contributed by atoms with E-state index in [1.165, 1.54) is 6.08 Å². The summed E-state index contributed by atoms with van der Waals surface area (Å²) in [6.07, 6.45) is 11.2. The highest BCUT2D eigenvalue weighted by Crippen LogP contribution is 2.05. The topological polar surface area (TPSA) is 86.6 Å². The maximum atomic E-state index is 11.4. The summed E-state index contributed by atoms with van der Waals surface area (Å²) in [5.74, 6) is -1.12. The maximum Gasteiger partial charge on any atom is 0.303 e. The van der Waals surface area contributed by atoms with Crippen LogP contribution in [0.5, 0.6) is 0 Å². The monoisotopic (exact) mass is 309 g/mol. The van der Waals surface area contributed by atoms with Gasteiger partial charge in [0, 0.05) is 19.0 Å². The molecule has 0 radical (unpaired) electrons. The molecule has 0 aromatic carbocycles. The molecule has 0 aliphatic rings. The summed E-state index contributed by atoms with van der Waals surface area (Å²) >= 11 is 0. The van der Waals surface area contributed by atoms with Crippen LogP contribution in [0.2, 0.25) is 0 Å². The molecule has 0 saturated carbocycles. The molecule has 0 aliphatic heterocycles. The van der Waals surface area contributed by atoms with Crippen LogP contribution in [-0.4, -0.2) is 34.7 Å². The minimum absolute atomic E-state index is 0.0498. The van der Waals surface area contributed by atoms with Gasteiger partial charge in [0.05, 0.1) is 6.10 Å². The first-order chi connectivity index (χ1) is 10.5. The van der Waals surface area contributed by atoms with Crippen molar-refractivity contribution in [2.24, 2.45) is 0 Å². The number of allylic oxidation sites excluding steroid dienone is 4. The van der Waals surface area contributed by atoms with Crippen LogP contribution in [-0.2, 0) is 9.59 Å². The molecule has 0 unspecified atom stereocenters. The Kier molecular flexibility index (Phi) is 11.7. The lowest BCUT2D eigenvalue weighted by Crippen LogP contribution is -2.22. The molecular weight excluding hydrogens is 282 g/mol. The molecule has 5 heteroatoms. The number of rotatable bonds is 11. The van der Waals surface area contributed by atoms with Gasteiger partial charge in [0.1, 0.15) is 0 Å². The van der Waals surface area contributed by atoms with Crippen LogP contribution in [0.15, 0.2) is 36.0 Å². The van der Waals surface area contributed by atoms with Crippen LogP contribution in [0.4, 0.5) is 0 Å². The molecule has 5 nitrogen and oxygen atoms in total. The van der Waals surface area contributed by atoms with Crippen molar-refractivity contribution >= 4 is 11.9 Å². The molecule has 0 aliphatic carbocycles. The van der Waals surface area contributed by atoms with Crippen LogP contribution in [0, 0.1) is 0 Å². The summed E-state index contributed by atoms with van der Waals surface area (Å²) in [7, 11) is 0. The molecule has 0 bridgehead atoms. The smallest absolute Gasteiger partial charge is 0.303 e. The van der Waals surface area contributed by atoms with Gasteiger partial charge < -0.3 is 15.5 Å². The molecule has 0 fully saturated rings. The van der Waals surface area contributed by atoms with Crippen molar-refractivity contribution in [3.63, 3.8) is 0 Å². The Bertz CT molecular complexity index is 424. The van der Waals surface area contributed by atoms with Crippen LogP contribution in [0.1, 0.15) is 46.0 Å². The van der Waals surface area contributed by atoms with Crippen LogP contribution < -0.4 is 5.32 Å². The van der Waals surface area contributed by atoms with Gasteiger partial charge >= 0.3 is 5.97 Å². The SMILES string of the molecule is CCCC[C@@H](O)/C=C(C)/C=C/C=C\C(=O)NCCCC(=O)O. The zero-order chi connectivity index (χ0) is 16.8. The number of carbonyl (C=O) groups is 2. The number of hydrogen-bond donors (Lipinski definition) is 3. The highest BCUT2D eigenvalue weighted by molar-refractivity contribution is 5.87. The van der Waals surface area contributed by atoms with E-state index >= 15 is 0 Å². The maximum absolute atomic E-state index is 11.4. The standard InChI is InChI=1S/C17H27NO4/c1-3-4-9-15(19)13-14(2)8-5-6-10-16(20)18-12-7-11-17(21)22/h5-6,8,10,13,15,19H,3-4,7,9,11-12H2,1-2H3,(H,18,20)(H,21,22)/b8-5+,10-6-,14-13+/t15-/m1/s1. The van der Waals surface area contributed by atoms with Gasteiger partial charge in [-0.25, -0.2) is 0 Å². The fourth-order valence-electron chi connectivity index (χ4n) is 1.72. The van der Waals surface area contributed by atoms with Gasteiger partial charge in [0.25, 0.3) is 0 Å². The molecule has 1 amide bonds. The Morgan fingerprint density at radius 3 is 2.50 bits per heavy atom. The zero-order valence-corrected chi connectivity index (χ0v) is 13.4. The average Bonchev–Trinajstić information content (AvgIpc) is 2.45. The normalized spacial score (nSPS) is 13.7. The summed E-state index contributed by atoms with van der Waals surface area (Å²) in [5.41, 5.74) is 0.940. The zero-order valence-electron chi connectivity index (χ0n) is 13.4. The number of amides is 1. The highest BCUT2D eigenvalue weighted by atomic mass is 16.4. The first-order valence-corrected chi connectivity index (χ1v) is 7.66. The van der Waals surface area contributed by atoms with Gasteiger partial charge in [-0.15, -0.1) is 0 Å². The largest absolute Gasteiger partial charge is 0.481 e. The van der Waals surface area contributed by atoms with Crippen molar-refractivity contribution in [3.8, 4) is 0 Å². The van der Waals surface area contributed by atoms with Gasteiger partial charge in [-0.2, -0.15) is 0 Å². The van der Waals surface area contributed by atoms with E-state index in [4.69, 9.17) is 5.11 Å². The molecule has 22 heavy (non-hydrogen) atoms. The quantitative estimate of drug-likeness (QED) is 0.311. The summed E-state index contributed by atoms with van der Waals surface area (Å²) in [5, 5.41) is 20.8. The third kappa shape index (κ3) is 13.1. The lowest BCUT2D eigenvalue weighted by Gasteiger charge is -2.04. The van der Waals surface area contributed by atoms with E-state index in [0.717, 1.165) is 24.8 Å². The minimum atomic E-state index is -0.865. The predicted octanol–water partition coefficient (Wildman–Crippen LogP) is 2.58. The number of hydrogen-bond acceptors (Lipinski definition) is 3.